The average molecular weight is 300 g/mol. The van der Waals surface area contributed by atoms with E-state index in [4.69, 9.17) is 0 Å². The van der Waals surface area contributed by atoms with Crippen molar-refractivity contribution >= 4 is 15.7 Å². The molecule has 2 saturated heterocycles. The van der Waals surface area contributed by atoms with Crippen LogP contribution >= 0.6 is 0 Å². The van der Waals surface area contributed by atoms with Gasteiger partial charge in [0.05, 0.1) is 16.4 Å². The van der Waals surface area contributed by atoms with Crippen LogP contribution in [0.15, 0.2) is 0 Å². The molecule has 0 aromatic rings. The van der Waals surface area contributed by atoms with Gasteiger partial charge in [0, 0.05) is 19.1 Å². The molecule has 2 aliphatic heterocycles. The van der Waals surface area contributed by atoms with Crippen LogP contribution in [0.4, 0.5) is 0 Å². The van der Waals surface area contributed by atoms with E-state index in [-0.39, 0.29) is 23.1 Å². The van der Waals surface area contributed by atoms with Crippen molar-refractivity contribution < 1.29 is 13.2 Å². The number of amides is 1. The molecule has 114 valence electrons. The molecule has 0 aromatic carbocycles. The van der Waals surface area contributed by atoms with Gasteiger partial charge >= 0.3 is 0 Å². The van der Waals surface area contributed by atoms with Crippen molar-refractivity contribution in [1.29, 1.82) is 0 Å². The third-order valence-corrected chi connectivity index (χ3v) is 8.11. The van der Waals surface area contributed by atoms with Crippen LogP contribution in [0.2, 0.25) is 0 Å². The molecule has 3 rings (SSSR count). The minimum Gasteiger partial charge on any atom is -0.337 e. The molecule has 1 saturated carbocycles. The van der Waals surface area contributed by atoms with Crippen molar-refractivity contribution in [2.24, 2.45) is 11.3 Å². The van der Waals surface area contributed by atoms with E-state index in [0.29, 0.717) is 12.5 Å². The van der Waals surface area contributed by atoms with E-state index < -0.39 is 15.1 Å². The molecule has 1 aliphatic carbocycles. The number of nitrogens with one attached hydrogen (secondary N) is 1. The van der Waals surface area contributed by atoms with Crippen molar-refractivity contribution in [3.8, 4) is 0 Å². The molecule has 5 nitrogen and oxygen atoms in total. The minimum absolute atomic E-state index is 0.110. The molecule has 20 heavy (non-hydrogen) atoms. The summed E-state index contributed by atoms with van der Waals surface area (Å²) in [5, 5.41) is 2.91. The Hall–Kier alpha value is -0.620. The summed E-state index contributed by atoms with van der Waals surface area (Å²) in [4.78, 5) is 14.9. The number of hydrogen-bond acceptors (Lipinski definition) is 4. The maximum absolute atomic E-state index is 13.1. The molecular weight excluding hydrogens is 276 g/mol. The molecule has 1 amide bonds. The highest BCUT2D eigenvalue weighted by Crippen LogP contribution is 2.47. The van der Waals surface area contributed by atoms with Crippen molar-refractivity contribution in [3.05, 3.63) is 0 Å². The maximum atomic E-state index is 13.1. The Morgan fingerprint density at radius 1 is 1.35 bits per heavy atom. The lowest BCUT2D eigenvalue weighted by atomic mass is 9.79. The summed E-state index contributed by atoms with van der Waals surface area (Å²) < 4.78 is 23.9. The highest BCUT2D eigenvalue weighted by Gasteiger charge is 2.54. The number of nitrogens with zero attached hydrogens (tertiary/aromatic N) is 1. The fraction of sp³-hybridized carbons (Fsp3) is 0.929. The van der Waals surface area contributed by atoms with Crippen LogP contribution in [0.1, 0.15) is 33.1 Å². The van der Waals surface area contributed by atoms with Gasteiger partial charge in [-0.25, -0.2) is 8.42 Å². The van der Waals surface area contributed by atoms with Gasteiger partial charge in [0.15, 0.2) is 9.84 Å². The van der Waals surface area contributed by atoms with Crippen molar-refractivity contribution in [2.75, 3.05) is 25.4 Å². The van der Waals surface area contributed by atoms with Crippen LogP contribution in [0.3, 0.4) is 0 Å². The zero-order valence-electron chi connectivity index (χ0n) is 12.3. The molecule has 2 unspecified atom stereocenters. The predicted octanol–water partition coefficient (Wildman–Crippen LogP) is 0.410. The fourth-order valence-corrected chi connectivity index (χ4v) is 5.81. The lowest BCUT2D eigenvalue weighted by Crippen LogP contribution is -2.58. The first-order chi connectivity index (χ1) is 9.38. The van der Waals surface area contributed by atoms with E-state index in [9.17, 15) is 13.2 Å². The third kappa shape index (κ3) is 1.91. The molecule has 0 radical (unpaired) electrons. The zero-order valence-corrected chi connectivity index (χ0v) is 13.1. The van der Waals surface area contributed by atoms with Crippen LogP contribution in [0.25, 0.3) is 0 Å². The monoisotopic (exact) mass is 300 g/mol. The van der Waals surface area contributed by atoms with Crippen LogP contribution in [0, 0.1) is 11.3 Å². The SMILES string of the molecule is CC1C(C)S(=O)(=O)CCN1C(=O)[C@@]12CCC[C@@H]1CNC2. The summed E-state index contributed by atoms with van der Waals surface area (Å²) in [6, 6.07) is -0.211. The Morgan fingerprint density at radius 3 is 2.85 bits per heavy atom. The van der Waals surface area contributed by atoms with Gasteiger partial charge in [-0.2, -0.15) is 0 Å². The largest absolute Gasteiger partial charge is 0.337 e. The summed E-state index contributed by atoms with van der Waals surface area (Å²) in [5.41, 5.74) is -0.255. The second-order valence-electron chi connectivity index (χ2n) is 6.69. The van der Waals surface area contributed by atoms with E-state index in [1.54, 1.807) is 6.92 Å². The average Bonchev–Trinajstić information content (AvgIpc) is 2.95. The standard InChI is InChI=1S/C14H24N2O3S/c1-10-11(2)20(18,19)7-6-16(10)13(17)14-5-3-4-12(14)8-15-9-14/h10-12,15H,3-9H2,1-2H3/t10?,11?,12-,14-/m1/s1. The van der Waals surface area contributed by atoms with Crippen molar-refractivity contribution in [3.63, 3.8) is 0 Å². The molecule has 0 bridgehead atoms. The van der Waals surface area contributed by atoms with E-state index >= 15 is 0 Å². The van der Waals surface area contributed by atoms with Gasteiger partial charge < -0.3 is 10.2 Å². The van der Waals surface area contributed by atoms with Gasteiger partial charge in [0.25, 0.3) is 0 Å². The van der Waals surface area contributed by atoms with E-state index in [2.05, 4.69) is 5.32 Å². The molecule has 3 aliphatic rings. The summed E-state index contributed by atoms with van der Waals surface area (Å²) in [6.07, 6.45) is 3.19. The van der Waals surface area contributed by atoms with E-state index in [1.165, 1.54) is 0 Å². The number of sulfone groups is 1. The minimum atomic E-state index is -3.03. The first kappa shape index (κ1) is 14.3. The molecule has 2 heterocycles. The van der Waals surface area contributed by atoms with Gasteiger partial charge in [0.1, 0.15) is 0 Å². The molecule has 0 aromatic heterocycles. The molecule has 0 spiro atoms. The Balaban J connectivity index is 1.85. The Morgan fingerprint density at radius 2 is 2.10 bits per heavy atom. The summed E-state index contributed by atoms with van der Waals surface area (Å²) >= 11 is 0. The highest BCUT2D eigenvalue weighted by molar-refractivity contribution is 7.92. The summed E-state index contributed by atoms with van der Waals surface area (Å²) in [5.74, 6) is 0.744. The van der Waals surface area contributed by atoms with Crippen LogP contribution in [0.5, 0.6) is 0 Å². The summed E-state index contributed by atoms with van der Waals surface area (Å²) in [6.45, 7) is 5.67. The van der Waals surface area contributed by atoms with Gasteiger partial charge in [-0.1, -0.05) is 6.42 Å². The first-order valence-electron chi connectivity index (χ1n) is 7.62. The Kier molecular flexibility index (Phi) is 3.36. The lowest BCUT2D eigenvalue weighted by Gasteiger charge is -2.42. The van der Waals surface area contributed by atoms with Crippen molar-refractivity contribution in [1.82, 2.24) is 10.2 Å². The fourth-order valence-electron chi connectivity index (χ4n) is 4.24. The van der Waals surface area contributed by atoms with Gasteiger partial charge in [0.2, 0.25) is 5.91 Å². The summed E-state index contributed by atoms with van der Waals surface area (Å²) in [7, 11) is -3.03. The smallest absolute Gasteiger partial charge is 0.230 e. The van der Waals surface area contributed by atoms with Gasteiger partial charge in [-0.05, 0) is 39.2 Å². The van der Waals surface area contributed by atoms with Gasteiger partial charge in [-0.3, -0.25) is 4.79 Å². The molecule has 1 N–H and O–H groups in total. The number of carbonyl (C=O) groups excluding carboxylic acids is 1. The first-order valence-corrected chi connectivity index (χ1v) is 9.33. The third-order valence-electron chi connectivity index (χ3n) is 5.83. The number of carbonyl (C=O) groups is 1. The second-order valence-corrected chi connectivity index (χ2v) is 9.16. The number of hydrogen-bond donors (Lipinski definition) is 1. The number of rotatable bonds is 1. The van der Waals surface area contributed by atoms with Crippen LogP contribution in [-0.4, -0.2) is 55.9 Å². The lowest BCUT2D eigenvalue weighted by molar-refractivity contribution is -0.144. The zero-order chi connectivity index (χ0) is 14.5. The normalized spacial score (nSPS) is 43.5. The van der Waals surface area contributed by atoms with Crippen LogP contribution < -0.4 is 5.32 Å². The highest BCUT2D eigenvalue weighted by atomic mass is 32.2. The Bertz CT molecular complexity index is 507. The maximum Gasteiger partial charge on any atom is 0.230 e. The second kappa shape index (κ2) is 4.70. The predicted molar refractivity (Wildman–Crippen MR) is 77.1 cm³/mol. The van der Waals surface area contributed by atoms with E-state index in [1.807, 2.05) is 11.8 Å². The Labute approximate surface area is 121 Å². The quantitative estimate of drug-likeness (QED) is 0.762. The van der Waals surface area contributed by atoms with Crippen LogP contribution in [-0.2, 0) is 14.6 Å². The molecular formula is C14H24N2O3S. The van der Waals surface area contributed by atoms with Crippen molar-refractivity contribution in [2.45, 2.75) is 44.4 Å². The van der Waals surface area contributed by atoms with Gasteiger partial charge in [-0.15, -0.1) is 0 Å². The molecule has 6 heteroatoms. The van der Waals surface area contributed by atoms with E-state index in [0.717, 1.165) is 32.4 Å². The topological polar surface area (TPSA) is 66.5 Å². The molecule has 4 atom stereocenters. The molecule has 3 fully saturated rings. The number of fused-ring (bicyclic) bond motifs is 1.